The van der Waals surface area contributed by atoms with Gasteiger partial charge in [0.05, 0.1) is 11.9 Å². The van der Waals surface area contributed by atoms with Gasteiger partial charge in [0.1, 0.15) is 12.6 Å². The number of anilines is 1. The van der Waals surface area contributed by atoms with Crippen LogP contribution in [0.1, 0.15) is 63.5 Å². The van der Waals surface area contributed by atoms with Gasteiger partial charge in [-0.2, -0.15) is 0 Å². The zero-order chi connectivity index (χ0) is 26.5. The lowest BCUT2D eigenvalue weighted by Crippen LogP contribution is -2.52. The monoisotopic (exact) mass is 533 g/mol. The Kier molecular flexibility index (Phi) is 9.41. The summed E-state index contributed by atoms with van der Waals surface area (Å²) in [6.45, 7) is 5.34. The number of benzene rings is 2. The van der Waals surface area contributed by atoms with Crippen LogP contribution in [0.5, 0.6) is 0 Å². The van der Waals surface area contributed by atoms with Crippen molar-refractivity contribution < 1.29 is 18.0 Å². The fourth-order valence-electron chi connectivity index (χ4n) is 4.60. The van der Waals surface area contributed by atoms with Crippen LogP contribution in [0, 0.1) is 0 Å². The zero-order valence-electron chi connectivity index (χ0n) is 21.4. The first-order chi connectivity index (χ1) is 17.0. The maximum Gasteiger partial charge on any atom is 0.244 e. The molecule has 2 amide bonds. The first kappa shape index (κ1) is 28.0. The average molecular weight is 534 g/mol. The summed E-state index contributed by atoms with van der Waals surface area (Å²) in [4.78, 5) is 28.3. The molecule has 0 spiro atoms. The second-order valence-corrected chi connectivity index (χ2v) is 12.1. The first-order valence-electron chi connectivity index (χ1n) is 12.4. The molecule has 36 heavy (non-hydrogen) atoms. The smallest absolute Gasteiger partial charge is 0.244 e. The Bertz CT molecular complexity index is 1180. The van der Waals surface area contributed by atoms with Crippen LogP contribution < -0.4 is 9.62 Å². The van der Waals surface area contributed by atoms with Crippen LogP contribution in [-0.2, 0) is 26.2 Å². The maximum absolute atomic E-state index is 13.7. The van der Waals surface area contributed by atoms with Crippen molar-refractivity contribution in [2.75, 3.05) is 17.1 Å². The number of carbonyl (C=O) groups excluding carboxylic acids is 2. The quantitative estimate of drug-likeness (QED) is 0.479. The molecule has 1 atom stereocenters. The molecule has 2 aromatic carbocycles. The molecule has 9 heteroatoms. The Hall–Kier alpha value is -2.58. The van der Waals surface area contributed by atoms with E-state index >= 15 is 0 Å². The summed E-state index contributed by atoms with van der Waals surface area (Å²) in [6, 6.07) is 13.6. The third kappa shape index (κ3) is 7.23. The van der Waals surface area contributed by atoms with Gasteiger partial charge in [0.25, 0.3) is 0 Å². The number of rotatable bonds is 10. The van der Waals surface area contributed by atoms with E-state index < -0.39 is 28.5 Å². The molecule has 196 valence electrons. The van der Waals surface area contributed by atoms with Gasteiger partial charge in [-0.05, 0) is 55.0 Å². The Morgan fingerprint density at radius 3 is 2.33 bits per heavy atom. The van der Waals surface area contributed by atoms with Crippen molar-refractivity contribution in [3.63, 3.8) is 0 Å². The Morgan fingerprint density at radius 1 is 1.06 bits per heavy atom. The van der Waals surface area contributed by atoms with E-state index in [-0.39, 0.29) is 24.4 Å². The highest BCUT2D eigenvalue weighted by Crippen LogP contribution is 2.29. The number of halogens is 1. The summed E-state index contributed by atoms with van der Waals surface area (Å²) in [6.07, 6.45) is 5.09. The van der Waals surface area contributed by atoms with Crippen LogP contribution in [0.4, 0.5) is 5.69 Å². The maximum atomic E-state index is 13.7. The van der Waals surface area contributed by atoms with Crippen molar-refractivity contribution in [3.05, 3.63) is 64.7 Å². The molecule has 1 aliphatic rings. The predicted molar refractivity (Wildman–Crippen MR) is 145 cm³/mol. The second kappa shape index (κ2) is 12.1. The lowest BCUT2D eigenvalue weighted by Gasteiger charge is -2.32. The number of hydrogen-bond acceptors (Lipinski definition) is 4. The minimum atomic E-state index is -3.78. The fraction of sp³-hybridized carbons (Fsp3) is 0.481. The standard InChI is InChI=1S/C27H36ClN3O4S/c1-19(2)24-14-7-8-15-25(24)31(36(4,34)35)18-26(32)30(17-21-10-9-11-22(28)16-21)20(3)27(33)29-23-12-5-6-13-23/h7-11,14-16,19-20,23H,5-6,12-13,17-18H2,1-4H3,(H,29,33). The number of nitrogens with one attached hydrogen (secondary N) is 1. The van der Waals surface area contributed by atoms with E-state index in [9.17, 15) is 18.0 Å². The van der Waals surface area contributed by atoms with Crippen molar-refractivity contribution in [3.8, 4) is 0 Å². The summed E-state index contributed by atoms with van der Waals surface area (Å²) in [5.74, 6) is -0.655. The molecular formula is C27H36ClN3O4S. The van der Waals surface area contributed by atoms with Crippen LogP contribution in [0.15, 0.2) is 48.5 Å². The Morgan fingerprint density at radius 2 is 1.72 bits per heavy atom. The van der Waals surface area contributed by atoms with Crippen molar-refractivity contribution in [1.82, 2.24) is 10.2 Å². The highest BCUT2D eigenvalue weighted by Gasteiger charge is 2.32. The van der Waals surface area contributed by atoms with E-state index in [2.05, 4.69) is 5.32 Å². The molecule has 1 unspecified atom stereocenters. The van der Waals surface area contributed by atoms with Gasteiger partial charge in [-0.25, -0.2) is 8.42 Å². The molecule has 0 saturated heterocycles. The third-order valence-electron chi connectivity index (χ3n) is 6.62. The molecule has 7 nitrogen and oxygen atoms in total. The summed E-state index contributed by atoms with van der Waals surface area (Å²) < 4.78 is 26.9. The lowest BCUT2D eigenvalue weighted by atomic mass is 10.0. The normalized spacial score (nSPS) is 15.1. The molecule has 3 rings (SSSR count). The molecule has 1 fully saturated rings. The van der Waals surface area contributed by atoms with E-state index in [0.717, 1.165) is 47.4 Å². The highest BCUT2D eigenvalue weighted by atomic mass is 35.5. The summed E-state index contributed by atoms with van der Waals surface area (Å²) in [7, 11) is -3.78. The van der Waals surface area contributed by atoms with E-state index in [1.54, 1.807) is 37.3 Å². The van der Waals surface area contributed by atoms with Gasteiger partial charge in [0.2, 0.25) is 21.8 Å². The van der Waals surface area contributed by atoms with Crippen LogP contribution >= 0.6 is 11.6 Å². The minimum Gasteiger partial charge on any atom is -0.352 e. The van der Waals surface area contributed by atoms with Crippen molar-refractivity contribution in [2.45, 2.75) is 71.0 Å². The van der Waals surface area contributed by atoms with E-state index in [4.69, 9.17) is 11.6 Å². The molecule has 1 N–H and O–H groups in total. The largest absolute Gasteiger partial charge is 0.352 e. The lowest BCUT2D eigenvalue weighted by molar-refractivity contribution is -0.139. The molecule has 1 saturated carbocycles. The number of hydrogen-bond donors (Lipinski definition) is 1. The van der Waals surface area contributed by atoms with Crippen molar-refractivity contribution in [2.24, 2.45) is 0 Å². The van der Waals surface area contributed by atoms with Crippen LogP contribution in [0.25, 0.3) is 0 Å². The van der Waals surface area contributed by atoms with Gasteiger partial charge in [-0.3, -0.25) is 13.9 Å². The molecular weight excluding hydrogens is 498 g/mol. The summed E-state index contributed by atoms with van der Waals surface area (Å²) in [5.41, 5.74) is 2.04. The van der Waals surface area contributed by atoms with Crippen molar-refractivity contribution >= 4 is 39.1 Å². The Labute approximate surface area is 219 Å². The second-order valence-electron chi connectivity index (χ2n) is 9.80. The van der Waals surface area contributed by atoms with E-state index in [1.165, 1.54) is 4.90 Å². The molecule has 0 radical (unpaired) electrons. The minimum absolute atomic E-state index is 0.0548. The molecule has 0 aromatic heterocycles. The number of nitrogens with zero attached hydrogens (tertiary/aromatic N) is 2. The van der Waals surface area contributed by atoms with Gasteiger partial charge >= 0.3 is 0 Å². The topological polar surface area (TPSA) is 86.8 Å². The van der Waals surface area contributed by atoms with Crippen molar-refractivity contribution in [1.29, 1.82) is 0 Å². The summed E-state index contributed by atoms with van der Waals surface area (Å²) >= 11 is 6.16. The van der Waals surface area contributed by atoms with E-state index in [1.807, 2.05) is 32.0 Å². The van der Waals surface area contributed by atoms with Gasteiger partial charge in [-0.1, -0.05) is 68.6 Å². The van der Waals surface area contributed by atoms with Gasteiger partial charge in [0, 0.05) is 17.6 Å². The van der Waals surface area contributed by atoms with Crippen LogP contribution in [-0.4, -0.2) is 50.0 Å². The fourth-order valence-corrected chi connectivity index (χ4v) is 5.69. The van der Waals surface area contributed by atoms with Crippen LogP contribution in [0.2, 0.25) is 5.02 Å². The Balaban J connectivity index is 1.93. The van der Waals surface area contributed by atoms with E-state index in [0.29, 0.717) is 10.7 Å². The number of amides is 2. The number of sulfonamides is 1. The molecule has 0 bridgehead atoms. The zero-order valence-corrected chi connectivity index (χ0v) is 23.0. The molecule has 0 heterocycles. The molecule has 1 aliphatic carbocycles. The number of carbonyl (C=O) groups is 2. The SMILES string of the molecule is CC(C)c1ccccc1N(CC(=O)N(Cc1cccc(Cl)c1)C(C)C(=O)NC1CCCC1)S(C)(=O)=O. The molecule has 0 aliphatic heterocycles. The average Bonchev–Trinajstić information content (AvgIpc) is 3.32. The summed E-state index contributed by atoms with van der Waals surface area (Å²) in [5, 5.41) is 3.58. The van der Waals surface area contributed by atoms with Gasteiger partial charge < -0.3 is 10.2 Å². The highest BCUT2D eigenvalue weighted by molar-refractivity contribution is 7.92. The molecule has 2 aromatic rings. The first-order valence-corrected chi connectivity index (χ1v) is 14.6. The van der Waals surface area contributed by atoms with Crippen LogP contribution in [0.3, 0.4) is 0 Å². The predicted octanol–water partition coefficient (Wildman–Crippen LogP) is 4.71. The number of para-hydroxylation sites is 1. The van der Waals surface area contributed by atoms with Gasteiger partial charge in [-0.15, -0.1) is 0 Å². The van der Waals surface area contributed by atoms with Gasteiger partial charge in [0.15, 0.2) is 0 Å². The third-order valence-corrected chi connectivity index (χ3v) is 7.98.